The molecule has 2 aromatic rings. The van der Waals surface area contributed by atoms with E-state index in [0.717, 1.165) is 10.9 Å². The van der Waals surface area contributed by atoms with Crippen LogP contribution in [0.25, 0.3) is 10.9 Å². The monoisotopic (exact) mass is 189 g/mol. The molecule has 72 valence electrons. The maximum Gasteiger partial charge on any atom is 0.142 e. The minimum atomic E-state index is -0.279. The number of nitrogens with zero attached hydrogens (tertiary/aromatic N) is 1. The predicted molar refractivity (Wildman–Crippen MR) is 55.8 cm³/mol. The fourth-order valence-electron chi connectivity index (χ4n) is 1.48. The van der Waals surface area contributed by atoms with Gasteiger partial charge in [-0.1, -0.05) is 19.9 Å². The molecule has 0 atom stereocenters. The maximum absolute atomic E-state index is 12.9. The van der Waals surface area contributed by atoms with Crippen molar-refractivity contribution in [1.29, 1.82) is 0 Å². The Morgan fingerprint density at radius 2 is 2.00 bits per heavy atom. The Balaban J connectivity index is 2.63. The van der Waals surface area contributed by atoms with E-state index in [0.29, 0.717) is 5.92 Å². The summed E-state index contributed by atoms with van der Waals surface area (Å²) in [7, 11) is 0. The fraction of sp³-hybridized carbons (Fsp3) is 0.250. The van der Waals surface area contributed by atoms with Crippen molar-refractivity contribution in [2.75, 3.05) is 0 Å². The smallest absolute Gasteiger partial charge is 0.142 e. The van der Waals surface area contributed by atoms with E-state index >= 15 is 0 Å². The number of pyridine rings is 1. The average molecular weight is 189 g/mol. The van der Waals surface area contributed by atoms with E-state index in [1.807, 2.05) is 18.2 Å². The summed E-state index contributed by atoms with van der Waals surface area (Å²) in [6.45, 7) is 4.24. The summed E-state index contributed by atoms with van der Waals surface area (Å²) in [5.74, 6) is 0.182. The molecule has 1 nitrogen and oxygen atoms in total. The van der Waals surface area contributed by atoms with Gasteiger partial charge in [0.15, 0.2) is 0 Å². The molecule has 1 heterocycles. The first-order valence-electron chi connectivity index (χ1n) is 4.72. The van der Waals surface area contributed by atoms with Crippen LogP contribution in [0.1, 0.15) is 25.3 Å². The van der Waals surface area contributed by atoms with Crippen LogP contribution < -0.4 is 0 Å². The second-order valence-electron chi connectivity index (χ2n) is 3.76. The molecule has 0 aliphatic heterocycles. The summed E-state index contributed by atoms with van der Waals surface area (Å²) in [5, 5.41) is 0.871. The van der Waals surface area contributed by atoms with E-state index in [2.05, 4.69) is 18.8 Å². The van der Waals surface area contributed by atoms with Crippen molar-refractivity contribution in [1.82, 2.24) is 4.98 Å². The first kappa shape index (κ1) is 9.13. The molecule has 0 N–H and O–H groups in total. The highest BCUT2D eigenvalue weighted by Crippen LogP contribution is 2.20. The predicted octanol–water partition coefficient (Wildman–Crippen LogP) is 3.50. The van der Waals surface area contributed by atoms with Crippen molar-refractivity contribution >= 4 is 10.9 Å². The van der Waals surface area contributed by atoms with Crippen LogP contribution in [0.4, 0.5) is 4.39 Å². The summed E-state index contributed by atoms with van der Waals surface area (Å²) in [6.07, 6.45) is 1.25. The van der Waals surface area contributed by atoms with Gasteiger partial charge < -0.3 is 0 Å². The second kappa shape index (κ2) is 3.37. The van der Waals surface area contributed by atoms with E-state index in [-0.39, 0.29) is 5.82 Å². The van der Waals surface area contributed by atoms with Crippen LogP contribution in [0, 0.1) is 5.82 Å². The molecule has 0 aliphatic carbocycles. The maximum atomic E-state index is 12.9. The van der Waals surface area contributed by atoms with Crippen LogP contribution >= 0.6 is 0 Å². The lowest BCUT2D eigenvalue weighted by atomic mass is 10.0. The molecule has 0 unspecified atom stereocenters. The fourth-order valence-corrected chi connectivity index (χ4v) is 1.48. The zero-order valence-corrected chi connectivity index (χ0v) is 8.29. The molecule has 0 saturated heterocycles. The van der Waals surface area contributed by atoms with Gasteiger partial charge in [0.05, 0.1) is 11.7 Å². The van der Waals surface area contributed by atoms with Crippen LogP contribution in [0.3, 0.4) is 0 Å². The van der Waals surface area contributed by atoms with Crippen molar-refractivity contribution in [3.05, 3.63) is 41.8 Å². The van der Waals surface area contributed by atoms with Gasteiger partial charge in [-0.3, -0.25) is 4.98 Å². The third-order valence-electron chi connectivity index (χ3n) is 2.34. The molecule has 0 spiro atoms. The highest BCUT2D eigenvalue weighted by molar-refractivity contribution is 5.79. The van der Waals surface area contributed by atoms with Crippen LogP contribution in [-0.2, 0) is 0 Å². The zero-order chi connectivity index (χ0) is 10.1. The Morgan fingerprint density at radius 1 is 1.21 bits per heavy atom. The number of rotatable bonds is 1. The molecule has 0 amide bonds. The molecule has 0 bridgehead atoms. The Bertz CT molecular complexity index is 463. The molecule has 2 heteroatoms. The number of aromatic nitrogens is 1. The molecule has 2 rings (SSSR count). The number of benzene rings is 1. The first-order chi connectivity index (χ1) is 6.66. The van der Waals surface area contributed by atoms with Gasteiger partial charge in [-0.2, -0.15) is 0 Å². The largest absolute Gasteiger partial charge is 0.253 e. The molecule has 0 aliphatic rings. The standard InChI is InChI=1S/C12H12FN/c1-8(2)9-3-4-12-10(5-9)6-11(13)7-14-12/h3-8H,1-2H3. The van der Waals surface area contributed by atoms with E-state index in [4.69, 9.17) is 0 Å². The summed E-state index contributed by atoms with van der Waals surface area (Å²) < 4.78 is 12.9. The summed E-state index contributed by atoms with van der Waals surface area (Å²) in [5.41, 5.74) is 2.06. The van der Waals surface area contributed by atoms with Crippen molar-refractivity contribution in [3.8, 4) is 0 Å². The van der Waals surface area contributed by atoms with Crippen LogP contribution in [0.15, 0.2) is 30.5 Å². The lowest BCUT2D eigenvalue weighted by Crippen LogP contribution is -1.88. The third-order valence-corrected chi connectivity index (χ3v) is 2.34. The van der Waals surface area contributed by atoms with Gasteiger partial charge in [0, 0.05) is 5.39 Å². The summed E-state index contributed by atoms with van der Waals surface area (Å²) in [6, 6.07) is 7.49. The molecule has 0 radical (unpaired) electrons. The number of hydrogen-bond acceptors (Lipinski definition) is 1. The van der Waals surface area contributed by atoms with Gasteiger partial charge in [0.2, 0.25) is 0 Å². The molecular formula is C12H12FN. The van der Waals surface area contributed by atoms with Gasteiger partial charge in [0.25, 0.3) is 0 Å². The van der Waals surface area contributed by atoms with E-state index in [9.17, 15) is 4.39 Å². The van der Waals surface area contributed by atoms with Gasteiger partial charge in [-0.05, 0) is 29.7 Å². The summed E-state index contributed by atoms with van der Waals surface area (Å²) in [4.78, 5) is 4.01. The van der Waals surface area contributed by atoms with Gasteiger partial charge in [-0.15, -0.1) is 0 Å². The molecule has 1 aromatic carbocycles. The van der Waals surface area contributed by atoms with Crippen molar-refractivity contribution < 1.29 is 4.39 Å². The van der Waals surface area contributed by atoms with Gasteiger partial charge >= 0.3 is 0 Å². The highest BCUT2D eigenvalue weighted by atomic mass is 19.1. The highest BCUT2D eigenvalue weighted by Gasteiger charge is 2.02. The van der Waals surface area contributed by atoms with Gasteiger partial charge in [-0.25, -0.2) is 4.39 Å². The zero-order valence-electron chi connectivity index (χ0n) is 8.29. The van der Waals surface area contributed by atoms with Crippen LogP contribution in [-0.4, -0.2) is 4.98 Å². The third kappa shape index (κ3) is 1.60. The molecule has 0 saturated carbocycles. The minimum absolute atomic E-state index is 0.279. The molecular weight excluding hydrogens is 177 g/mol. The lowest BCUT2D eigenvalue weighted by Gasteiger charge is -2.06. The Kier molecular flexibility index (Phi) is 2.20. The van der Waals surface area contributed by atoms with Crippen molar-refractivity contribution in [2.24, 2.45) is 0 Å². The minimum Gasteiger partial charge on any atom is -0.253 e. The summed E-state index contributed by atoms with van der Waals surface area (Å²) >= 11 is 0. The second-order valence-corrected chi connectivity index (χ2v) is 3.76. The normalized spacial score (nSPS) is 11.1. The van der Waals surface area contributed by atoms with E-state index in [1.54, 1.807) is 0 Å². The number of hydrogen-bond donors (Lipinski definition) is 0. The molecule has 1 aromatic heterocycles. The molecule has 14 heavy (non-hydrogen) atoms. The number of halogens is 1. The van der Waals surface area contributed by atoms with Crippen LogP contribution in [0.5, 0.6) is 0 Å². The topological polar surface area (TPSA) is 12.9 Å². The Labute approximate surface area is 82.6 Å². The van der Waals surface area contributed by atoms with E-state index < -0.39 is 0 Å². The Hall–Kier alpha value is -1.44. The van der Waals surface area contributed by atoms with Crippen LogP contribution in [0.2, 0.25) is 0 Å². The SMILES string of the molecule is CC(C)c1ccc2ncc(F)cc2c1. The van der Waals surface area contributed by atoms with Crippen molar-refractivity contribution in [3.63, 3.8) is 0 Å². The molecule has 0 fully saturated rings. The first-order valence-corrected chi connectivity index (χ1v) is 4.72. The van der Waals surface area contributed by atoms with Crippen molar-refractivity contribution in [2.45, 2.75) is 19.8 Å². The Morgan fingerprint density at radius 3 is 2.71 bits per heavy atom. The van der Waals surface area contributed by atoms with Gasteiger partial charge in [0.1, 0.15) is 5.82 Å². The quantitative estimate of drug-likeness (QED) is 0.669. The lowest BCUT2D eigenvalue weighted by molar-refractivity contribution is 0.624. The van der Waals surface area contributed by atoms with E-state index in [1.165, 1.54) is 17.8 Å². The number of fused-ring (bicyclic) bond motifs is 1. The average Bonchev–Trinajstić information content (AvgIpc) is 2.16.